The van der Waals surface area contributed by atoms with E-state index in [4.69, 9.17) is 4.74 Å². The van der Waals surface area contributed by atoms with Crippen molar-refractivity contribution in [3.05, 3.63) is 60.2 Å². The van der Waals surface area contributed by atoms with Gasteiger partial charge in [0.15, 0.2) is 0 Å². The van der Waals surface area contributed by atoms with Gasteiger partial charge in [0.1, 0.15) is 0 Å². The van der Waals surface area contributed by atoms with Crippen molar-refractivity contribution in [3.8, 4) is 11.1 Å². The number of benzene rings is 2. The van der Waals surface area contributed by atoms with Gasteiger partial charge < -0.3 is 4.74 Å². The first-order valence-electron chi connectivity index (χ1n) is 11.6. The molecule has 0 N–H and O–H groups in total. The van der Waals surface area contributed by atoms with Crippen LogP contribution >= 0.6 is 0 Å². The molecule has 0 saturated heterocycles. The van der Waals surface area contributed by atoms with Gasteiger partial charge in [-0.05, 0) is 54.7 Å². The molecule has 2 heteroatoms. The number of rotatable bonds is 10. The molecule has 156 valence electrons. The second-order valence-corrected chi connectivity index (χ2v) is 8.44. The van der Waals surface area contributed by atoms with Crippen LogP contribution in [-0.2, 0) is 9.53 Å². The van der Waals surface area contributed by atoms with E-state index in [0.29, 0.717) is 12.5 Å². The summed E-state index contributed by atoms with van der Waals surface area (Å²) >= 11 is 0. The summed E-state index contributed by atoms with van der Waals surface area (Å²) in [4.78, 5) is 12.4. The number of unbranched alkanes of at least 4 members (excludes halogenated alkanes) is 5. The topological polar surface area (TPSA) is 26.3 Å². The molecule has 2 aromatic carbocycles. The summed E-state index contributed by atoms with van der Waals surface area (Å²) in [7, 11) is 0. The van der Waals surface area contributed by atoms with Crippen LogP contribution in [0.3, 0.4) is 0 Å². The molecule has 1 fully saturated rings. The van der Waals surface area contributed by atoms with Crippen LogP contribution in [-0.4, -0.2) is 12.6 Å². The van der Waals surface area contributed by atoms with Gasteiger partial charge in [-0.25, -0.2) is 0 Å². The Bertz CT molecular complexity index is 729. The molecule has 29 heavy (non-hydrogen) atoms. The lowest BCUT2D eigenvalue weighted by molar-refractivity contribution is -0.149. The fourth-order valence-electron chi connectivity index (χ4n) is 4.55. The fourth-order valence-corrected chi connectivity index (χ4v) is 4.55. The van der Waals surface area contributed by atoms with Crippen LogP contribution in [0, 0.1) is 5.92 Å². The van der Waals surface area contributed by atoms with Crippen molar-refractivity contribution in [3.63, 3.8) is 0 Å². The van der Waals surface area contributed by atoms with E-state index < -0.39 is 0 Å². The van der Waals surface area contributed by atoms with Gasteiger partial charge in [0.2, 0.25) is 0 Å². The molecule has 2 aromatic rings. The molecule has 0 radical (unpaired) electrons. The largest absolute Gasteiger partial charge is 0.465 e. The molecule has 1 aliphatic rings. The molecule has 0 atom stereocenters. The molecule has 0 aromatic heterocycles. The predicted molar refractivity (Wildman–Crippen MR) is 121 cm³/mol. The molecule has 1 saturated carbocycles. The minimum absolute atomic E-state index is 0.0355. The summed E-state index contributed by atoms with van der Waals surface area (Å²) in [6, 6.07) is 19.4. The highest BCUT2D eigenvalue weighted by Crippen LogP contribution is 2.40. The second kappa shape index (κ2) is 11.8. The zero-order chi connectivity index (χ0) is 20.3. The number of carbonyl (C=O) groups excluding carboxylic acids is 1. The number of esters is 1. The third-order valence-corrected chi connectivity index (χ3v) is 6.29. The van der Waals surface area contributed by atoms with E-state index in [1.807, 2.05) is 0 Å². The van der Waals surface area contributed by atoms with E-state index in [1.54, 1.807) is 0 Å². The van der Waals surface area contributed by atoms with Gasteiger partial charge in [-0.3, -0.25) is 4.79 Å². The highest BCUT2D eigenvalue weighted by atomic mass is 16.5. The van der Waals surface area contributed by atoms with E-state index in [1.165, 1.54) is 48.8 Å². The molecule has 2 nitrogen and oxygen atoms in total. The Hall–Kier alpha value is -2.09. The summed E-state index contributed by atoms with van der Waals surface area (Å²) in [5, 5.41) is 0. The van der Waals surface area contributed by atoms with Gasteiger partial charge in [-0.2, -0.15) is 0 Å². The lowest BCUT2D eigenvalue weighted by Crippen LogP contribution is -2.23. The molecule has 0 amide bonds. The fraction of sp³-hybridized carbons (Fsp3) is 0.519. The number of hydrogen-bond donors (Lipinski definition) is 0. The standard InChI is InChI=1S/C27H36O2/c1-2-3-4-5-6-12-21-29-27(28)24-19-17-23(18-20-24)26-16-11-10-15-25(26)22-13-8-7-9-14-22/h7-11,13-16,23-24H,2-6,12,17-21H2,1H3. The molecular weight excluding hydrogens is 356 g/mol. The SMILES string of the molecule is CCCCCCCCOC(=O)C1CCC(c2ccccc2-c2ccccc2)CC1. The Kier molecular flexibility index (Phi) is 8.80. The van der Waals surface area contributed by atoms with Crippen LogP contribution in [0.25, 0.3) is 11.1 Å². The van der Waals surface area contributed by atoms with Gasteiger partial charge in [-0.1, -0.05) is 93.6 Å². The zero-order valence-electron chi connectivity index (χ0n) is 17.9. The van der Waals surface area contributed by atoms with Crippen LogP contribution in [0.15, 0.2) is 54.6 Å². The lowest BCUT2D eigenvalue weighted by atomic mass is 9.77. The highest BCUT2D eigenvalue weighted by Gasteiger charge is 2.29. The summed E-state index contributed by atoms with van der Waals surface area (Å²) in [6.07, 6.45) is 11.4. The molecule has 0 bridgehead atoms. The monoisotopic (exact) mass is 392 g/mol. The van der Waals surface area contributed by atoms with Crippen molar-refractivity contribution in [2.24, 2.45) is 5.92 Å². The first-order chi connectivity index (χ1) is 14.3. The second-order valence-electron chi connectivity index (χ2n) is 8.44. The quantitative estimate of drug-likeness (QED) is 0.308. The minimum atomic E-state index is 0.0355. The first kappa shape index (κ1) is 21.6. The smallest absolute Gasteiger partial charge is 0.308 e. The average Bonchev–Trinajstić information content (AvgIpc) is 2.79. The van der Waals surface area contributed by atoms with Crippen LogP contribution in [0.4, 0.5) is 0 Å². The molecule has 0 aliphatic heterocycles. The van der Waals surface area contributed by atoms with Crippen molar-refractivity contribution in [2.45, 2.75) is 77.0 Å². The Labute approximate surface area is 176 Å². The molecule has 0 unspecified atom stereocenters. The van der Waals surface area contributed by atoms with Crippen molar-refractivity contribution < 1.29 is 9.53 Å². The molecule has 3 rings (SSSR count). The maximum absolute atomic E-state index is 12.4. The van der Waals surface area contributed by atoms with Crippen LogP contribution in [0.5, 0.6) is 0 Å². The van der Waals surface area contributed by atoms with Crippen LogP contribution in [0.1, 0.15) is 82.6 Å². The van der Waals surface area contributed by atoms with E-state index in [9.17, 15) is 4.79 Å². The van der Waals surface area contributed by atoms with Gasteiger partial charge in [0, 0.05) is 0 Å². The Morgan fingerprint density at radius 2 is 1.48 bits per heavy atom. The number of carbonyl (C=O) groups is 1. The van der Waals surface area contributed by atoms with E-state index in [-0.39, 0.29) is 11.9 Å². The van der Waals surface area contributed by atoms with Gasteiger partial charge in [-0.15, -0.1) is 0 Å². The normalized spacial score (nSPS) is 19.1. The van der Waals surface area contributed by atoms with E-state index in [2.05, 4.69) is 61.5 Å². The van der Waals surface area contributed by atoms with Crippen molar-refractivity contribution in [1.29, 1.82) is 0 Å². The van der Waals surface area contributed by atoms with Crippen molar-refractivity contribution in [2.75, 3.05) is 6.61 Å². The van der Waals surface area contributed by atoms with Crippen LogP contribution < -0.4 is 0 Å². The molecule has 0 spiro atoms. The van der Waals surface area contributed by atoms with Crippen molar-refractivity contribution >= 4 is 5.97 Å². The Morgan fingerprint density at radius 1 is 0.828 bits per heavy atom. The predicted octanol–water partition coefficient (Wildman–Crippen LogP) is 7.53. The number of hydrogen-bond acceptors (Lipinski definition) is 2. The summed E-state index contributed by atoms with van der Waals surface area (Å²) in [5.41, 5.74) is 4.04. The molecular formula is C27H36O2. The molecule has 1 aliphatic carbocycles. The maximum atomic E-state index is 12.4. The third-order valence-electron chi connectivity index (χ3n) is 6.29. The Morgan fingerprint density at radius 3 is 2.24 bits per heavy atom. The van der Waals surface area contributed by atoms with Crippen molar-refractivity contribution in [1.82, 2.24) is 0 Å². The van der Waals surface area contributed by atoms with Gasteiger partial charge >= 0.3 is 5.97 Å². The minimum Gasteiger partial charge on any atom is -0.465 e. The summed E-state index contributed by atoms with van der Waals surface area (Å²) in [6.45, 7) is 2.83. The third kappa shape index (κ3) is 6.45. The number of ether oxygens (including phenoxy) is 1. The maximum Gasteiger partial charge on any atom is 0.308 e. The highest BCUT2D eigenvalue weighted by molar-refractivity contribution is 5.73. The zero-order valence-corrected chi connectivity index (χ0v) is 17.9. The molecule has 0 heterocycles. The van der Waals surface area contributed by atoms with Crippen LogP contribution in [0.2, 0.25) is 0 Å². The van der Waals surface area contributed by atoms with Gasteiger partial charge in [0.05, 0.1) is 12.5 Å². The van der Waals surface area contributed by atoms with E-state index >= 15 is 0 Å². The van der Waals surface area contributed by atoms with E-state index in [0.717, 1.165) is 32.1 Å². The summed E-state index contributed by atoms with van der Waals surface area (Å²) in [5.74, 6) is 0.664. The Balaban J connectivity index is 1.46. The lowest BCUT2D eigenvalue weighted by Gasteiger charge is -2.29. The average molecular weight is 393 g/mol. The summed E-state index contributed by atoms with van der Waals surface area (Å²) < 4.78 is 5.58. The van der Waals surface area contributed by atoms with Gasteiger partial charge in [0.25, 0.3) is 0 Å². The first-order valence-corrected chi connectivity index (χ1v) is 11.6.